The molecule has 17 heavy (non-hydrogen) atoms. The summed E-state index contributed by atoms with van der Waals surface area (Å²) in [5.74, 6) is 1.47. The smallest absolute Gasteiger partial charge is 0.179 e. The first-order valence-corrected chi connectivity index (χ1v) is 6.48. The number of ether oxygens (including phenoxy) is 2. The Morgan fingerprint density at radius 2 is 2.12 bits per heavy atom. The van der Waals surface area contributed by atoms with Crippen LogP contribution in [0.4, 0.5) is 0 Å². The number of nitrogens with one attached hydrogen (secondary N) is 1. The molecule has 1 aromatic carbocycles. The van der Waals surface area contributed by atoms with Gasteiger partial charge in [0.1, 0.15) is 0 Å². The zero-order valence-electron chi connectivity index (χ0n) is 10.1. The monoisotopic (exact) mass is 255 g/mol. The predicted octanol–water partition coefficient (Wildman–Crippen LogP) is 2.65. The molecule has 0 saturated carbocycles. The van der Waals surface area contributed by atoms with Gasteiger partial charge in [0.25, 0.3) is 0 Å². The van der Waals surface area contributed by atoms with Crippen LogP contribution in [0.15, 0.2) is 12.1 Å². The maximum atomic E-state index is 6.21. The minimum atomic E-state index is 0.649. The molecule has 0 bridgehead atoms. The van der Waals surface area contributed by atoms with Crippen LogP contribution in [0.25, 0.3) is 0 Å². The lowest BCUT2D eigenvalue weighted by Crippen LogP contribution is -2.16. The molecule has 0 aliphatic carbocycles. The molecule has 0 spiro atoms. The van der Waals surface area contributed by atoms with E-state index < -0.39 is 0 Å². The van der Waals surface area contributed by atoms with Gasteiger partial charge in [-0.25, -0.2) is 0 Å². The SMILES string of the molecule is CCNCCc1cc(Cl)c2c(c1)OCCCO2. The fourth-order valence-corrected chi connectivity index (χ4v) is 2.13. The molecule has 2 rings (SSSR count). The van der Waals surface area contributed by atoms with Crippen LogP contribution in [-0.4, -0.2) is 26.3 Å². The van der Waals surface area contributed by atoms with Gasteiger partial charge in [0.05, 0.1) is 18.2 Å². The maximum Gasteiger partial charge on any atom is 0.179 e. The van der Waals surface area contributed by atoms with Gasteiger partial charge in [-0.1, -0.05) is 18.5 Å². The maximum absolute atomic E-state index is 6.21. The van der Waals surface area contributed by atoms with Crippen molar-refractivity contribution < 1.29 is 9.47 Å². The molecular formula is C13H18ClNO2. The quantitative estimate of drug-likeness (QED) is 0.839. The van der Waals surface area contributed by atoms with Crippen molar-refractivity contribution in [3.8, 4) is 11.5 Å². The fourth-order valence-electron chi connectivity index (χ4n) is 1.84. The van der Waals surface area contributed by atoms with Crippen molar-refractivity contribution in [2.24, 2.45) is 0 Å². The Bertz CT molecular complexity index is 382. The van der Waals surface area contributed by atoms with Gasteiger partial charge >= 0.3 is 0 Å². The Morgan fingerprint density at radius 3 is 2.94 bits per heavy atom. The van der Waals surface area contributed by atoms with Crippen molar-refractivity contribution in [2.75, 3.05) is 26.3 Å². The van der Waals surface area contributed by atoms with Crippen molar-refractivity contribution >= 4 is 11.6 Å². The van der Waals surface area contributed by atoms with Crippen molar-refractivity contribution in [1.29, 1.82) is 0 Å². The number of fused-ring (bicyclic) bond motifs is 1. The van der Waals surface area contributed by atoms with Crippen LogP contribution in [-0.2, 0) is 6.42 Å². The van der Waals surface area contributed by atoms with Gasteiger partial charge in [0.15, 0.2) is 11.5 Å². The summed E-state index contributed by atoms with van der Waals surface area (Å²) in [7, 11) is 0. The molecule has 4 heteroatoms. The molecule has 0 saturated heterocycles. The first-order valence-electron chi connectivity index (χ1n) is 6.10. The second-order valence-electron chi connectivity index (χ2n) is 4.06. The molecule has 1 N–H and O–H groups in total. The minimum absolute atomic E-state index is 0.649. The van der Waals surface area contributed by atoms with E-state index in [4.69, 9.17) is 21.1 Å². The summed E-state index contributed by atoms with van der Waals surface area (Å²) in [6.45, 7) is 5.40. The standard InChI is InChI=1S/C13H18ClNO2/c1-2-15-5-4-10-8-11(14)13-12(9-10)16-6-3-7-17-13/h8-9,15H,2-7H2,1H3. The lowest BCUT2D eigenvalue weighted by Gasteiger charge is -2.11. The van der Waals surface area contributed by atoms with Crippen LogP contribution < -0.4 is 14.8 Å². The third kappa shape index (κ3) is 3.27. The van der Waals surface area contributed by atoms with Gasteiger partial charge in [-0.3, -0.25) is 0 Å². The summed E-state index contributed by atoms with van der Waals surface area (Å²) in [4.78, 5) is 0. The highest BCUT2D eigenvalue weighted by Gasteiger charge is 2.15. The molecule has 1 aromatic rings. The molecule has 0 radical (unpaired) electrons. The Hall–Kier alpha value is -0.930. The summed E-state index contributed by atoms with van der Waals surface area (Å²) in [5, 5.41) is 3.94. The molecule has 3 nitrogen and oxygen atoms in total. The molecule has 1 aliphatic rings. The van der Waals surface area contributed by atoms with Crippen molar-refractivity contribution in [2.45, 2.75) is 19.8 Å². The highest BCUT2D eigenvalue weighted by molar-refractivity contribution is 6.32. The summed E-state index contributed by atoms with van der Waals surface area (Å²) in [6.07, 6.45) is 1.85. The molecule has 1 heterocycles. The zero-order valence-corrected chi connectivity index (χ0v) is 10.8. The number of rotatable bonds is 4. The average Bonchev–Trinajstić information content (AvgIpc) is 2.55. The molecular weight excluding hydrogens is 238 g/mol. The van der Waals surface area contributed by atoms with E-state index in [1.807, 2.05) is 12.1 Å². The molecule has 94 valence electrons. The van der Waals surface area contributed by atoms with E-state index in [1.54, 1.807) is 0 Å². The Labute approximate surface area is 107 Å². The van der Waals surface area contributed by atoms with Crippen LogP contribution in [0.5, 0.6) is 11.5 Å². The predicted molar refractivity (Wildman–Crippen MR) is 69.3 cm³/mol. The fraction of sp³-hybridized carbons (Fsp3) is 0.538. The largest absolute Gasteiger partial charge is 0.489 e. The third-order valence-corrected chi connectivity index (χ3v) is 2.98. The molecule has 0 atom stereocenters. The van der Waals surface area contributed by atoms with Crippen molar-refractivity contribution in [3.63, 3.8) is 0 Å². The van der Waals surface area contributed by atoms with E-state index in [-0.39, 0.29) is 0 Å². The van der Waals surface area contributed by atoms with E-state index in [1.165, 1.54) is 5.56 Å². The van der Waals surface area contributed by atoms with Crippen LogP contribution in [0.1, 0.15) is 18.9 Å². The van der Waals surface area contributed by atoms with E-state index >= 15 is 0 Å². The Kier molecular flexibility index (Phi) is 4.51. The highest BCUT2D eigenvalue weighted by Crippen LogP contribution is 2.37. The summed E-state index contributed by atoms with van der Waals surface area (Å²) in [6, 6.07) is 4.00. The first kappa shape index (κ1) is 12.5. The number of likely N-dealkylation sites (N-methyl/N-ethyl adjacent to an activating group) is 1. The van der Waals surface area contributed by atoms with E-state index in [2.05, 4.69) is 12.2 Å². The molecule has 0 amide bonds. The van der Waals surface area contributed by atoms with Gasteiger partial charge < -0.3 is 14.8 Å². The second-order valence-corrected chi connectivity index (χ2v) is 4.47. The molecule has 0 unspecified atom stereocenters. The number of halogens is 1. The van der Waals surface area contributed by atoms with E-state index in [0.717, 1.165) is 31.7 Å². The van der Waals surface area contributed by atoms with Gasteiger partial charge in [0, 0.05) is 6.42 Å². The van der Waals surface area contributed by atoms with Crippen LogP contribution in [0.3, 0.4) is 0 Å². The number of benzene rings is 1. The first-order chi connectivity index (χ1) is 8.31. The third-order valence-electron chi connectivity index (χ3n) is 2.70. The lowest BCUT2D eigenvalue weighted by atomic mass is 10.1. The minimum Gasteiger partial charge on any atom is -0.489 e. The van der Waals surface area contributed by atoms with Crippen LogP contribution >= 0.6 is 11.6 Å². The summed E-state index contributed by atoms with van der Waals surface area (Å²) < 4.78 is 11.2. The van der Waals surface area contributed by atoms with Gasteiger partial charge in [0.2, 0.25) is 0 Å². The summed E-state index contributed by atoms with van der Waals surface area (Å²) >= 11 is 6.21. The summed E-state index contributed by atoms with van der Waals surface area (Å²) in [5.41, 5.74) is 1.18. The van der Waals surface area contributed by atoms with Crippen molar-refractivity contribution in [1.82, 2.24) is 5.32 Å². The number of hydrogen-bond donors (Lipinski definition) is 1. The number of hydrogen-bond acceptors (Lipinski definition) is 3. The topological polar surface area (TPSA) is 30.5 Å². The lowest BCUT2D eigenvalue weighted by molar-refractivity contribution is 0.297. The molecule has 0 aromatic heterocycles. The second kappa shape index (κ2) is 6.12. The highest BCUT2D eigenvalue weighted by atomic mass is 35.5. The van der Waals surface area contributed by atoms with Crippen molar-refractivity contribution in [3.05, 3.63) is 22.7 Å². The van der Waals surface area contributed by atoms with Gasteiger partial charge in [-0.05, 0) is 37.2 Å². The molecule has 1 aliphatic heterocycles. The average molecular weight is 256 g/mol. The van der Waals surface area contributed by atoms with Gasteiger partial charge in [-0.2, -0.15) is 0 Å². The molecule has 0 fully saturated rings. The Balaban J connectivity index is 2.14. The van der Waals surface area contributed by atoms with Gasteiger partial charge in [-0.15, -0.1) is 0 Å². The zero-order chi connectivity index (χ0) is 12.1. The van der Waals surface area contributed by atoms with E-state index in [0.29, 0.717) is 24.0 Å². The van der Waals surface area contributed by atoms with Crippen LogP contribution in [0, 0.1) is 0 Å². The van der Waals surface area contributed by atoms with Crippen LogP contribution in [0.2, 0.25) is 5.02 Å². The Morgan fingerprint density at radius 1 is 1.29 bits per heavy atom. The normalized spacial score (nSPS) is 14.5. The van der Waals surface area contributed by atoms with E-state index in [9.17, 15) is 0 Å².